The van der Waals surface area contributed by atoms with E-state index in [0.717, 1.165) is 55.4 Å². The Labute approximate surface area is 307 Å². The molecule has 0 bridgehead atoms. The van der Waals surface area contributed by atoms with Crippen LogP contribution >= 0.6 is 0 Å². The van der Waals surface area contributed by atoms with Crippen molar-refractivity contribution in [1.29, 1.82) is 0 Å². The van der Waals surface area contributed by atoms with Crippen LogP contribution < -0.4 is 15.0 Å². The third-order valence-corrected chi connectivity index (χ3v) is 11.8. The molecule has 4 nitrogen and oxygen atoms in total. The van der Waals surface area contributed by atoms with Gasteiger partial charge >= 0.3 is 0 Å². The van der Waals surface area contributed by atoms with Gasteiger partial charge in [0, 0.05) is 57.5 Å². The zero-order chi connectivity index (χ0) is 34.4. The lowest BCUT2D eigenvalue weighted by molar-refractivity contribution is 0.312. The van der Waals surface area contributed by atoms with Crippen molar-refractivity contribution >= 4 is 17.0 Å². The summed E-state index contributed by atoms with van der Waals surface area (Å²) < 4.78 is 6.48. The molecular formula is C48H43N3O. The van der Waals surface area contributed by atoms with Gasteiger partial charge in [-0.05, 0) is 104 Å². The molecule has 0 fully saturated rings. The molecule has 5 aliphatic carbocycles. The number of nitrogens with zero attached hydrogens (tertiary/aromatic N) is 2. The first-order valence-corrected chi connectivity index (χ1v) is 19.1. The molecular weight excluding hydrogens is 635 g/mol. The molecule has 52 heavy (non-hydrogen) atoms. The van der Waals surface area contributed by atoms with E-state index in [0.29, 0.717) is 23.9 Å². The molecule has 3 aliphatic heterocycles. The summed E-state index contributed by atoms with van der Waals surface area (Å²) in [6.45, 7) is 0. The highest BCUT2D eigenvalue weighted by Crippen LogP contribution is 2.44. The third-order valence-electron chi connectivity index (χ3n) is 11.8. The van der Waals surface area contributed by atoms with Crippen LogP contribution in [0.15, 0.2) is 185 Å². The van der Waals surface area contributed by atoms with E-state index >= 15 is 0 Å². The molecule has 0 saturated heterocycles. The van der Waals surface area contributed by atoms with E-state index in [4.69, 9.17) is 9.73 Å². The quantitative estimate of drug-likeness (QED) is 0.244. The van der Waals surface area contributed by atoms with Crippen molar-refractivity contribution in [2.45, 2.75) is 62.8 Å². The van der Waals surface area contributed by atoms with E-state index in [-0.39, 0.29) is 12.1 Å². The lowest BCUT2D eigenvalue weighted by Gasteiger charge is -2.37. The van der Waals surface area contributed by atoms with Crippen molar-refractivity contribution in [3.63, 3.8) is 0 Å². The lowest BCUT2D eigenvalue weighted by atomic mass is 9.83. The number of hydrogen-bond acceptors (Lipinski definition) is 4. The second-order valence-corrected chi connectivity index (χ2v) is 14.9. The van der Waals surface area contributed by atoms with E-state index in [9.17, 15) is 0 Å². The molecule has 6 atom stereocenters. The maximum Gasteiger partial charge on any atom is 0.157 e. The smallest absolute Gasteiger partial charge is 0.157 e. The van der Waals surface area contributed by atoms with Gasteiger partial charge in [-0.25, -0.2) is 0 Å². The number of nitrogens with one attached hydrogen (secondary N) is 1. The van der Waals surface area contributed by atoms with Gasteiger partial charge < -0.3 is 15.0 Å². The zero-order valence-corrected chi connectivity index (χ0v) is 29.4. The molecule has 0 amide bonds. The van der Waals surface area contributed by atoms with Crippen molar-refractivity contribution in [3.8, 4) is 5.75 Å². The predicted octanol–water partition coefficient (Wildman–Crippen LogP) is 10.3. The Morgan fingerprint density at radius 3 is 2.62 bits per heavy atom. The molecule has 10 rings (SSSR count). The number of benzene rings is 2. The van der Waals surface area contributed by atoms with Crippen LogP contribution in [-0.2, 0) is 0 Å². The summed E-state index contributed by atoms with van der Waals surface area (Å²) in [7, 11) is 0. The van der Waals surface area contributed by atoms with Crippen molar-refractivity contribution in [2.75, 3.05) is 4.90 Å². The monoisotopic (exact) mass is 677 g/mol. The molecule has 3 heterocycles. The van der Waals surface area contributed by atoms with Crippen molar-refractivity contribution in [1.82, 2.24) is 5.32 Å². The molecule has 0 saturated carbocycles. The molecule has 256 valence electrons. The standard InChI is InChI=1S/C48H43N3O/c1-4-13-43-33(8-1)22-30-45(49-43)35-18-26-38(27-19-35)51(39-28-20-36(21-29-39)46-31-23-34-9-2-5-14-44(34)50-46)37-24-16-32(17-25-37)40-11-7-12-42-41-10-3-6-15-47(41)52-48(40)42/h1-4,6-11,13,15-16,18,20-24,26-30,33,35,43,45-46,48-49H,5,14,17,19,25,31H2/t33-,35?,43?,45?,46?,48?/m1/s1. The van der Waals surface area contributed by atoms with Gasteiger partial charge in [-0.2, -0.15) is 0 Å². The zero-order valence-electron chi connectivity index (χ0n) is 29.4. The summed E-state index contributed by atoms with van der Waals surface area (Å²) in [4.78, 5) is 7.68. The summed E-state index contributed by atoms with van der Waals surface area (Å²) in [5, 5.41) is 3.90. The second kappa shape index (κ2) is 13.3. The van der Waals surface area contributed by atoms with Gasteiger partial charge in [0.2, 0.25) is 0 Å². The van der Waals surface area contributed by atoms with Crippen molar-refractivity contribution < 1.29 is 4.74 Å². The van der Waals surface area contributed by atoms with Gasteiger partial charge in [0.05, 0.1) is 6.04 Å². The average Bonchev–Trinajstić information content (AvgIpc) is 3.61. The van der Waals surface area contributed by atoms with Crippen molar-refractivity contribution in [2.24, 2.45) is 16.8 Å². The summed E-state index contributed by atoms with van der Waals surface area (Å²) in [5.74, 6) is 1.81. The van der Waals surface area contributed by atoms with Gasteiger partial charge in [-0.1, -0.05) is 103 Å². The average molecular weight is 678 g/mol. The largest absolute Gasteiger partial charge is 0.480 e. The van der Waals surface area contributed by atoms with Gasteiger partial charge in [0.1, 0.15) is 5.75 Å². The Morgan fingerprint density at radius 1 is 0.808 bits per heavy atom. The molecule has 0 spiro atoms. The van der Waals surface area contributed by atoms with Crippen LogP contribution in [0.3, 0.4) is 0 Å². The van der Waals surface area contributed by atoms with Crippen LogP contribution in [0, 0.1) is 11.8 Å². The van der Waals surface area contributed by atoms with Crippen LogP contribution in [0.25, 0.3) is 5.57 Å². The SMILES string of the molecule is C1=CC=C(C2=CC=C(N(C3=CCC(C4C=C[C@H]5C=CC=CC5N4)C=C3)c3ccc(C4CC=C5C=CCCC5=N4)cc3)CC2)C2Oc3ccccc3C=12. The number of rotatable bonds is 6. The Hall–Kier alpha value is -5.41. The Kier molecular flexibility index (Phi) is 8.01. The fourth-order valence-corrected chi connectivity index (χ4v) is 8.97. The summed E-state index contributed by atoms with van der Waals surface area (Å²) >= 11 is 0. The van der Waals surface area contributed by atoms with Gasteiger partial charge in [-0.3, -0.25) is 4.99 Å². The van der Waals surface area contributed by atoms with Crippen LogP contribution in [-0.4, -0.2) is 23.9 Å². The first kappa shape index (κ1) is 31.3. The summed E-state index contributed by atoms with van der Waals surface area (Å²) in [5.41, 5.74) is 16.0. The maximum absolute atomic E-state index is 6.48. The van der Waals surface area contributed by atoms with Crippen molar-refractivity contribution in [3.05, 3.63) is 191 Å². The molecule has 2 aromatic carbocycles. The highest BCUT2D eigenvalue weighted by molar-refractivity contribution is 6.04. The second-order valence-electron chi connectivity index (χ2n) is 14.9. The molecule has 4 heteroatoms. The molecule has 1 N–H and O–H groups in total. The van der Waals surface area contributed by atoms with E-state index in [1.807, 2.05) is 6.07 Å². The van der Waals surface area contributed by atoms with Crippen LogP contribution in [0.4, 0.5) is 5.69 Å². The molecule has 0 aromatic heterocycles. The van der Waals surface area contributed by atoms with E-state index < -0.39 is 0 Å². The van der Waals surface area contributed by atoms with E-state index in [1.54, 1.807) is 0 Å². The Balaban J connectivity index is 0.931. The number of para-hydroxylation sites is 1. The molecule has 2 aromatic rings. The van der Waals surface area contributed by atoms with E-state index in [2.05, 4.69) is 156 Å². The fraction of sp³-hybridized carbons (Fsp3) is 0.250. The first-order chi connectivity index (χ1) is 25.7. The minimum absolute atomic E-state index is 0.0927. The molecule has 0 radical (unpaired) electrons. The van der Waals surface area contributed by atoms with Gasteiger partial charge in [0.15, 0.2) is 6.10 Å². The highest BCUT2D eigenvalue weighted by Gasteiger charge is 2.35. The Bertz CT molecular complexity index is 2220. The first-order valence-electron chi connectivity index (χ1n) is 19.1. The summed E-state index contributed by atoms with van der Waals surface area (Å²) in [6, 6.07) is 18.4. The number of fused-ring (bicyclic) bond motifs is 5. The number of ether oxygens (including phenoxy) is 1. The summed E-state index contributed by atoms with van der Waals surface area (Å²) in [6.07, 6.45) is 42.6. The van der Waals surface area contributed by atoms with Crippen LogP contribution in [0.2, 0.25) is 0 Å². The van der Waals surface area contributed by atoms with Gasteiger partial charge in [-0.15, -0.1) is 5.73 Å². The normalized spacial score (nSPS) is 29.2. The minimum atomic E-state index is -0.0927. The highest BCUT2D eigenvalue weighted by atomic mass is 16.5. The predicted molar refractivity (Wildman–Crippen MR) is 213 cm³/mol. The van der Waals surface area contributed by atoms with Crippen LogP contribution in [0.1, 0.15) is 55.7 Å². The van der Waals surface area contributed by atoms with Crippen LogP contribution in [0.5, 0.6) is 5.75 Å². The fourth-order valence-electron chi connectivity index (χ4n) is 8.97. The minimum Gasteiger partial charge on any atom is -0.480 e. The number of aliphatic imine (C=N–C) groups is 1. The number of hydrogen-bond donors (Lipinski definition) is 1. The third kappa shape index (κ3) is 5.73. The molecule has 8 aliphatic rings. The van der Waals surface area contributed by atoms with Gasteiger partial charge in [0.25, 0.3) is 0 Å². The number of allylic oxidation sites excluding steroid dienone is 11. The lowest BCUT2D eigenvalue weighted by Crippen LogP contribution is -2.47. The Morgan fingerprint density at radius 2 is 1.73 bits per heavy atom. The number of dihydropyridines is 1. The topological polar surface area (TPSA) is 36.9 Å². The van der Waals surface area contributed by atoms with E-state index in [1.165, 1.54) is 45.1 Å². The molecule has 5 unspecified atom stereocenters. The maximum atomic E-state index is 6.48. The number of anilines is 1.